The average Bonchev–Trinajstić information content (AvgIpc) is 2.92. The second-order valence-electron chi connectivity index (χ2n) is 7.66. The quantitative estimate of drug-likeness (QED) is 0.870. The number of fused-ring (bicyclic) bond motifs is 2. The van der Waals surface area contributed by atoms with E-state index in [0.29, 0.717) is 25.6 Å². The van der Waals surface area contributed by atoms with Crippen LogP contribution in [0.4, 0.5) is 10.5 Å². The number of benzene rings is 1. The first kappa shape index (κ1) is 17.3. The van der Waals surface area contributed by atoms with Gasteiger partial charge in [-0.05, 0) is 49.8 Å². The first-order valence-electron chi connectivity index (χ1n) is 9.73. The summed E-state index contributed by atoms with van der Waals surface area (Å²) in [5.41, 5.74) is 2.04. The van der Waals surface area contributed by atoms with E-state index < -0.39 is 0 Å². The van der Waals surface area contributed by atoms with E-state index in [2.05, 4.69) is 17.6 Å². The number of hydrogen-bond donors (Lipinski definition) is 2. The third-order valence-corrected chi connectivity index (χ3v) is 5.85. The first-order valence-corrected chi connectivity index (χ1v) is 9.73. The molecule has 0 spiro atoms. The summed E-state index contributed by atoms with van der Waals surface area (Å²) in [7, 11) is 0. The standard InChI is InChI=1S/C20H27N3O3/c1-2-13-6-8-15(9-7-13)22-20(25)23-11-16-10-17(18(12-23)26-16)19(24)21-14-4-3-5-14/h6-9,14,16-18H,2-5,10-12H2,1H3,(H,21,24)(H,22,25)/t16-,17+,18-/m0/s1. The van der Waals surface area contributed by atoms with E-state index in [1.165, 1.54) is 12.0 Å². The van der Waals surface area contributed by atoms with Crippen molar-refractivity contribution in [1.82, 2.24) is 10.2 Å². The molecule has 4 rings (SSSR count). The van der Waals surface area contributed by atoms with Gasteiger partial charge in [-0.2, -0.15) is 0 Å². The summed E-state index contributed by atoms with van der Waals surface area (Å²) in [6.45, 7) is 3.12. The molecule has 3 fully saturated rings. The van der Waals surface area contributed by atoms with Gasteiger partial charge in [-0.3, -0.25) is 4.79 Å². The van der Waals surface area contributed by atoms with Gasteiger partial charge in [0.05, 0.1) is 18.1 Å². The number of anilines is 1. The minimum absolute atomic E-state index is 0.0425. The molecule has 1 aromatic rings. The molecule has 2 saturated heterocycles. The number of amides is 3. The van der Waals surface area contributed by atoms with Gasteiger partial charge in [-0.25, -0.2) is 4.79 Å². The van der Waals surface area contributed by atoms with Crippen molar-refractivity contribution in [2.45, 2.75) is 57.3 Å². The van der Waals surface area contributed by atoms with E-state index in [-0.39, 0.29) is 30.1 Å². The van der Waals surface area contributed by atoms with Crippen LogP contribution in [0.3, 0.4) is 0 Å². The molecule has 1 aromatic carbocycles. The van der Waals surface area contributed by atoms with Crippen molar-refractivity contribution in [2.75, 3.05) is 18.4 Å². The Bertz CT molecular complexity index is 671. The highest BCUT2D eigenvalue weighted by Crippen LogP contribution is 2.33. The van der Waals surface area contributed by atoms with Gasteiger partial charge in [0.15, 0.2) is 0 Å². The Hall–Kier alpha value is -2.08. The summed E-state index contributed by atoms with van der Waals surface area (Å²) in [4.78, 5) is 26.9. The average molecular weight is 357 g/mol. The SMILES string of the molecule is CCc1ccc(NC(=O)N2C[C@@H]3C[C@@H](C(=O)NC4CCC4)[C@H](C2)O3)cc1. The van der Waals surface area contributed by atoms with Crippen molar-refractivity contribution in [3.8, 4) is 0 Å². The van der Waals surface area contributed by atoms with Crippen LogP contribution < -0.4 is 10.6 Å². The molecule has 1 saturated carbocycles. The predicted octanol–water partition coefficient (Wildman–Crippen LogP) is 2.54. The van der Waals surface area contributed by atoms with Gasteiger partial charge in [0, 0.05) is 24.8 Å². The van der Waals surface area contributed by atoms with Crippen LogP contribution in [0.15, 0.2) is 24.3 Å². The number of likely N-dealkylation sites (tertiary alicyclic amines) is 1. The largest absolute Gasteiger partial charge is 0.370 e. The summed E-state index contributed by atoms with van der Waals surface area (Å²) < 4.78 is 5.94. The van der Waals surface area contributed by atoms with Crippen LogP contribution in [-0.2, 0) is 16.0 Å². The molecule has 140 valence electrons. The molecule has 1 aliphatic carbocycles. The van der Waals surface area contributed by atoms with Crippen LogP contribution in [0.5, 0.6) is 0 Å². The van der Waals surface area contributed by atoms with Gasteiger partial charge < -0.3 is 20.3 Å². The fourth-order valence-corrected chi connectivity index (χ4v) is 3.99. The van der Waals surface area contributed by atoms with E-state index in [4.69, 9.17) is 4.74 Å². The molecule has 3 atom stereocenters. The highest BCUT2D eigenvalue weighted by atomic mass is 16.5. The summed E-state index contributed by atoms with van der Waals surface area (Å²) in [5, 5.41) is 6.08. The summed E-state index contributed by atoms with van der Waals surface area (Å²) in [6.07, 6.45) is 4.81. The van der Waals surface area contributed by atoms with E-state index in [1.807, 2.05) is 24.3 Å². The monoisotopic (exact) mass is 357 g/mol. The zero-order valence-corrected chi connectivity index (χ0v) is 15.2. The molecule has 26 heavy (non-hydrogen) atoms. The van der Waals surface area contributed by atoms with Crippen molar-refractivity contribution in [3.05, 3.63) is 29.8 Å². The Balaban J connectivity index is 1.34. The highest BCUT2D eigenvalue weighted by molar-refractivity contribution is 5.89. The van der Waals surface area contributed by atoms with Crippen LogP contribution in [0, 0.1) is 5.92 Å². The van der Waals surface area contributed by atoms with Gasteiger partial charge in [-0.1, -0.05) is 19.1 Å². The Morgan fingerprint density at radius 2 is 1.96 bits per heavy atom. The number of hydrogen-bond acceptors (Lipinski definition) is 3. The summed E-state index contributed by atoms with van der Waals surface area (Å²) >= 11 is 0. The predicted molar refractivity (Wildman–Crippen MR) is 99.0 cm³/mol. The number of aryl methyl sites for hydroxylation is 1. The number of carbonyl (C=O) groups excluding carboxylic acids is 2. The van der Waals surface area contributed by atoms with Crippen LogP contribution >= 0.6 is 0 Å². The van der Waals surface area contributed by atoms with Crippen molar-refractivity contribution in [2.24, 2.45) is 5.92 Å². The molecule has 0 unspecified atom stereocenters. The lowest BCUT2D eigenvalue weighted by atomic mass is 9.91. The number of nitrogens with one attached hydrogen (secondary N) is 2. The van der Waals surface area contributed by atoms with E-state index in [9.17, 15) is 9.59 Å². The molecular weight excluding hydrogens is 330 g/mol. The van der Waals surface area contributed by atoms with Crippen molar-refractivity contribution in [1.29, 1.82) is 0 Å². The second-order valence-corrected chi connectivity index (χ2v) is 7.66. The lowest BCUT2D eigenvalue weighted by molar-refractivity contribution is -0.128. The molecule has 6 nitrogen and oxygen atoms in total. The number of morpholine rings is 1. The zero-order valence-electron chi connectivity index (χ0n) is 15.2. The molecular formula is C20H27N3O3. The topological polar surface area (TPSA) is 70.7 Å². The highest BCUT2D eigenvalue weighted by Gasteiger charge is 2.46. The van der Waals surface area contributed by atoms with E-state index >= 15 is 0 Å². The first-order chi connectivity index (χ1) is 12.6. The van der Waals surface area contributed by atoms with Crippen LogP contribution in [-0.4, -0.2) is 48.2 Å². The van der Waals surface area contributed by atoms with Gasteiger partial charge in [0.25, 0.3) is 0 Å². The molecule has 0 radical (unpaired) electrons. The molecule has 3 aliphatic rings. The Labute approximate surface area is 154 Å². The molecule has 3 amide bonds. The van der Waals surface area contributed by atoms with Crippen LogP contribution in [0.1, 0.15) is 38.2 Å². The summed E-state index contributed by atoms with van der Waals surface area (Å²) in [6, 6.07) is 8.14. The molecule has 2 bridgehead atoms. The van der Waals surface area contributed by atoms with Gasteiger partial charge >= 0.3 is 6.03 Å². The minimum Gasteiger partial charge on any atom is -0.370 e. The number of carbonyl (C=O) groups is 2. The van der Waals surface area contributed by atoms with Crippen molar-refractivity contribution >= 4 is 17.6 Å². The third-order valence-electron chi connectivity index (χ3n) is 5.85. The molecule has 2 aliphatic heterocycles. The van der Waals surface area contributed by atoms with Crippen molar-refractivity contribution < 1.29 is 14.3 Å². The molecule has 2 heterocycles. The summed E-state index contributed by atoms with van der Waals surface area (Å²) in [5.74, 6) is -0.0400. The zero-order chi connectivity index (χ0) is 18.1. The van der Waals surface area contributed by atoms with Gasteiger partial charge in [0.1, 0.15) is 0 Å². The Kier molecular flexibility index (Phi) is 4.85. The minimum atomic E-state index is -0.193. The van der Waals surface area contributed by atoms with Crippen molar-refractivity contribution in [3.63, 3.8) is 0 Å². The second kappa shape index (κ2) is 7.27. The number of ether oxygens (including phenoxy) is 1. The smallest absolute Gasteiger partial charge is 0.322 e. The van der Waals surface area contributed by atoms with Gasteiger partial charge in [0.2, 0.25) is 5.91 Å². The molecule has 0 aromatic heterocycles. The van der Waals surface area contributed by atoms with Crippen LogP contribution in [0.2, 0.25) is 0 Å². The van der Waals surface area contributed by atoms with E-state index in [0.717, 1.165) is 24.9 Å². The maximum atomic E-state index is 12.6. The van der Waals surface area contributed by atoms with E-state index in [1.54, 1.807) is 4.90 Å². The number of urea groups is 1. The van der Waals surface area contributed by atoms with Crippen LogP contribution in [0.25, 0.3) is 0 Å². The fourth-order valence-electron chi connectivity index (χ4n) is 3.99. The maximum Gasteiger partial charge on any atom is 0.322 e. The number of rotatable bonds is 4. The lowest BCUT2D eigenvalue weighted by Crippen LogP contribution is -2.50. The Morgan fingerprint density at radius 3 is 2.62 bits per heavy atom. The molecule has 6 heteroatoms. The Morgan fingerprint density at radius 1 is 1.19 bits per heavy atom. The molecule has 2 N–H and O–H groups in total. The fraction of sp³-hybridized carbons (Fsp3) is 0.600. The maximum absolute atomic E-state index is 12.6. The number of nitrogens with zero attached hydrogens (tertiary/aromatic N) is 1. The lowest BCUT2D eigenvalue weighted by Gasteiger charge is -2.33. The van der Waals surface area contributed by atoms with Gasteiger partial charge in [-0.15, -0.1) is 0 Å². The third kappa shape index (κ3) is 3.56. The normalized spacial score (nSPS) is 27.7.